The lowest BCUT2D eigenvalue weighted by Gasteiger charge is -2.12. The lowest BCUT2D eigenvalue weighted by Crippen LogP contribution is -2.13. The maximum absolute atomic E-state index is 13.0. The number of esters is 1. The number of nitrogens with one attached hydrogen (secondary N) is 1. The van der Waals surface area contributed by atoms with E-state index in [1.165, 1.54) is 0 Å². The molecule has 0 fully saturated rings. The van der Waals surface area contributed by atoms with Gasteiger partial charge in [-0.25, -0.2) is 9.78 Å². The Morgan fingerprint density at radius 1 is 0.912 bits per heavy atom. The Morgan fingerprint density at radius 3 is 2.50 bits per heavy atom. The van der Waals surface area contributed by atoms with Crippen LogP contribution < -0.4 is 10.1 Å². The van der Waals surface area contributed by atoms with E-state index in [-0.39, 0.29) is 12.5 Å². The summed E-state index contributed by atoms with van der Waals surface area (Å²) in [7, 11) is 0. The number of anilines is 1. The number of fused-ring (bicyclic) bond motifs is 1. The van der Waals surface area contributed by atoms with Gasteiger partial charge in [0, 0.05) is 33.3 Å². The number of carbonyl (C=O) groups is 2. The van der Waals surface area contributed by atoms with Gasteiger partial charge in [-0.15, -0.1) is 0 Å². The fourth-order valence-corrected chi connectivity index (χ4v) is 3.74. The highest BCUT2D eigenvalue weighted by atomic mass is 35.5. The summed E-state index contributed by atoms with van der Waals surface area (Å²) in [5.74, 6) is -0.127. The Kier molecular flexibility index (Phi) is 7.09. The fourth-order valence-electron chi connectivity index (χ4n) is 3.55. The van der Waals surface area contributed by atoms with Gasteiger partial charge in [-0.3, -0.25) is 4.79 Å². The molecule has 0 saturated heterocycles. The van der Waals surface area contributed by atoms with Crippen LogP contribution in [0, 0.1) is 0 Å². The van der Waals surface area contributed by atoms with Gasteiger partial charge in [-0.2, -0.15) is 0 Å². The topological polar surface area (TPSA) is 77.5 Å². The van der Waals surface area contributed by atoms with Crippen molar-refractivity contribution in [2.24, 2.45) is 0 Å². The van der Waals surface area contributed by atoms with E-state index in [9.17, 15) is 9.59 Å². The van der Waals surface area contributed by atoms with Crippen molar-refractivity contribution in [3.8, 4) is 17.0 Å². The highest BCUT2D eigenvalue weighted by Gasteiger charge is 2.14. The summed E-state index contributed by atoms with van der Waals surface area (Å²) < 4.78 is 10.9. The number of ether oxygens (including phenoxy) is 2. The second-order valence-corrected chi connectivity index (χ2v) is 7.87. The smallest absolute Gasteiger partial charge is 0.338 e. The quantitative estimate of drug-likeness (QED) is 0.314. The van der Waals surface area contributed by atoms with Crippen molar-refractivity contribution in [3.63, 3.8) is 0 Å². The molecule has 6 nitrogen and oxygen atoms in total. The molecule has 172 valence electrons. The van der Waals surface area contributed by atoms with Crippen molar-refractivity contribution in [1.82, 2.24) is 4.98 Å². The summed E-state index contributed by atoms with van der Waals surface area (Å²) in [6, 6.07) is 21.2. The minimum atomic E-state index is -0.438. The first-order valence-corrected chi connectivity index (χ1v) is 11.3. The van der Waals surface area contributed by atoms with E-state index in [2.05, 4.69) is 5.32 Å². The number of amides is 1. The zero-order chi connectivity index (χ0) is 24.1. The molecule has 0 aliphatic carbocycles. The van der Waals surface area contributed by atoms with Crippen LogP contribution >= 0.6 is 11.6 Å². The highest BCUT2D eigenvalue weighted by molar-refractivity contribution is 6.30. The number of aromatic nitrogens is 1. The van der Waals surface area contributed by atoms with Crippen molar-refractivity contribution in [1.29, 1.82) is 0 Å². The van der Waals surface area contributed by atoms with Crippen molar-refractivity contribution < 1.29 is 19.1 Å². The Morgan fingerprint density at radius 2 is 1.74 bits per heavy atom. The molecule has 0 saturated carbocycles. The molecule has 4 rings (SSSR count). The molecule has 1 amide bonds. The molecule has 0 atom stereocenters. The second-order valence-electron chi connectivity index (χ2n) is 7.44. The Labute approximate surface area is 202 Å². The van der Waals surface area contributed by atoms with Crippen LogP contribution in [0.3, 0.4) is 0 Å². The van der Waals surface area contributed by atoms with Crippen LogP contribution in [0.5, 0.6) is 5.75 Å². The first-order valence-electron chi connectivity index (χ1n) is 10.9. The Balaban J connectivity index is 1.66. The van der Waals surface area contributed by atoms with Crippen molar-refractivity contribution in [3.05, 3.63) is 88.9 Å². The second kappa shape index (κ2) is 10.4. The number of benzene rings is 3. The molecule has 0 aliphatic heterocycles. The average Bonchev–Trinajstić information content (AvgIpc) is 2.84. The third-order valence-corrected chi connectivity index (χ3v) is 5.32. The molecule has 0 radical (unpaired) electrons. The van der Waals surface area contributed by atoms with Crippen LogP contribution in [-0.4, -0.2) is 30.1 Å². The maximum Gasteiger partial charge on any atom is 0.338 e. The van der Waals surface area contributed by atoms with Gasteiger partial charge in [0.25, 0.3) is 5.91 Å². The number of rotatable bonds is 7. The van der Waals surface area contributed by atoms with E-state index in [1.54, 1.807) is 49.4 Å². The first-order chi connectivity index (χ1) is 16.5. The predicted molar refractivity (Wildman–Crippen MR) is 134 cm³/mol. The van der Waals surface area contributed by atoms with E-state index in [0.29, 0.717) is 39.7 Å². The summed E-state index contributed by atoms with van der Waals surface area (Å²) in [4.78, 5) is 29.7. The van der Waals surface area contributed by atoms with Crippen molar-refractivity contribution in [2.45, 2.75) is 13.8 Å². The standard InChI is InChI=1S/C27H23ClN2O4/c1-3-33-25-16-24(17-7-5-9-20(28)13-17)30-23-12-11-18(15-22(23)25)26(31)29-21-10-6-8-19(14-21)27(32)34-4-2/h5-16H,3-4H2,1-2H3,(H,29,31). The summed E-state index contributed by atoms with van der Waals surface area (Å²) in [5.41, 5.74) is 3.60. The van der Waals surface area contributed by atoms with Crippen LogP contribution in [0.4, 0.5) is 5.69 Å². The molecule has 0 unspecified atom stereocenters. The van der Waals surface area contributed by atoms with E-state index < -0.39 is 5.97 Å². The number of nitrogens with zero attached hydrogens (tertiary/aromatic N) is 1. The average molecular weight is 475 g/mol. The lowest BCUT2D eigenvalue weighted by molar-refractivity contribution is 0.0526. The van der Waals surface area contributed by atoms with Crippen LogP contribution in [0.25, 0.3) is 22.2 Å². The SMILES string of the molecule is CCOC(=O)c1cccc(NC(=O)c2ccc3nc(-c4cccc(Cl)c4)cc(OCC)c3c2)c1. The maximum atomic E-state index is 13.0. The molecule has 3 aromatic carbocycles. The molecule has 1 aromatic heterocycles. The summed E-state index contributed by atoms with van der Waals surface area (Å²) in [6.07, 6.45) is 0. The summed E-state index contributed by atoms with van der Waals surface area (Å²) >= 11 is 6.15. The van der Waals surface area contributed by atoms with Crippen LogP contribution in [0.1, 0.15) is 34.6 Å². The van der Waals surface area contributed by atoms with Crippen molar-refractivity contribution in [2.75, 3.05) is 18.5 Å². The van der Waals surface area contributed by atoms with Gasteiger partial charge in [-0.1, -0.05) is 29.8 Å². The predicted octanol–water partition coefficient (Wildman–Crippen LogP) is 6.38. The van der Waals surface area contributed by atoms with Crippen LogP contribution in [-0.2, 0) is 4.74 Å². The van der Waals surface area contributed by atoms with E-state index in [1.807, 2.05) is 37.3 Å². The number of hydrogen-bond donors (Lipinski definition) is 1. The normalized spacial score (nSPS) is 10.7. The summed E-state index contributed by atoms with van der Waals surface area (Å²) in [5, 5.41) is 4.18. The van der Waals surface area contributed by atoms with Gasteiger partial charge >= 0.3 is 5.97 Å². The monoisotopic (exact) mass is 474 g/mol. The van der Waals surface area contributed by atoms with Crippen LogP contribution in [0.2, 0.25) is 5.02 Å². The molecule has 4 aromatic rings. The van der Waals surface area contributed by atoms with E-state index >= 15 is 0 Å². The van der Waals surface area contributed by atoms with E-state index in [4.69, 9.17) is 26.1 Å². The first kappa shape index (κ1) is 23.3. The van der Waals surface area contributed by atoms with Gasteiger partial charge in [0.15, 0.2) is 0 Å². The fraction of sp³-hybridized carbons (Fsp3) is 0.148. The lowest BCUT2D eigenvalue weighted by atomic mass is 10.1. The third-order valence-electron chi connectivity index (χ3n) is 5.08. The van der Waals surface area contributed by atoms with Gasteiger partial charge in [-0.05, 0) is 62.4 Å². The van der Waals surface area contributed by atoms with Gasteiger partial charge < -0.3 is 14.8 Å². The van der Waals surface area contributed by atoms with E-state index in [0.717, 1.165) is 16.6 Å². The number of carbonyl (C=O) groups excluding carboxylic acids is 2. The molecule has 1 N–H and O–H groups in total. The van der Waals surface area contributed by atoms with Crippen molar-refractivity contribution >= 4 is 40.1 Å². The van der Waals surface area contributed by atoms with Gasteiger partial charge in [0.2, 0.25) is 0 Å². The molecule has 0 bridgehead atoms. The molecule has 0 spiro atoms. The third kappa shape index (κ3) is 5.18. The molecular formula is C27H23ClN2O4. The number of hydrogen-bond acceptors (Lipinski definition) is 5. The molecule has 7 heteroatoms. The van der Waals surface area contributed by atoms with Crippen LogP contribution in [0.15, 0.2) is 72.8 Å². The van der Waals surface area contributed by atoms with Gasteiger partial charge in [0.1, 0.15) is 5.75 Å². The number of halogens is 1. The zero-order valence-corrected chi connectivity index (χ0v) is 19.6. The largest absolute Gasteiger partial charge is 0.493 e. The van der Waals surface area contributed by atoms with Gasteiger partial charge in [0.05, 0.1) is 30.0 Å². The minimum absolute atomic E-state index is 0.279. The molecule has 34 heavy (non-hydrogen) atoms. The Hall–Kier alpha value is -3.90. The Bertz CT molecular complexity index is 1370. The molecule has 1 heterocycles. The highest BCUT2D eigenvalue weighted by Crippen LogP contribution is 2.32. The number of pyridine rings is 1. The molecular weight excluding hydrogens is 452 g/mol. The zero-order valence-electron chi connectivity index (χ0n) is 18.8. The minimum Gasteiger partial charge on any atom is -0.493 e. The summed E-state index contributed by atoms with van der Waals surface area (Å²) in [6.45, 7) is 4.39. The molecule has 0 aliphatic rings.